The van der Waals surface area contributed by atoms with E-state index in [4.69, 9.17) is 4.74 Å². The van der Waals surface area contributed by atoms with Crippen LogP contribution in [-0.2, 0) is 19.6 Å². The summed E-state index contributed by atoms with van der Waals surface area (Å²) in [4.78, 5) is 31.5. The number of fused-ring (bicyclic) bond motifs is 1. The number of carbonyl (C=O) groups is 2. The summed E-state index contributed by atoms with van der Waals surface area (Å²) in [6, 6.07) is 9.11. The summed E-state index contributed by atoms with van der Waals surface area (Å²) >= 11 is 0. The molecule has 1 aliphatic rings. The summed E-state index contributed by atoms with van der Waals surface area (Å²) in [5.41, 5.74) is 1.73. The second-order valence-corrected chi connectivity index (χ2v) is 9.84. The molecule has 1 atom stereocenters. The molecule has 1 aliphatic heterocycles. The summed E-state index contributed by atoms with van der Waals surface area (Å²) in [6.07, 6.45) is 0.491. The van der Waals surface area contributed by atoms with Crippen molar-refractivity contribution >= 4 is 32.7 Å². The van der Waals surface area contributed by atoms with Crippen LogP contribution in [0.1, 0.15) is 36.0 Å². The van der Waals surface area contributed by atoms with Crippen LogP contribution < -0.4 is 10.0 Å². The monoisotopic (exact) mass is 448 g/mol. The van der Waals surface area contributed by atoms with Crippen LogP contribution in [0.3, 0.4) is 0 Å². The first kappa shape index (κ1) is 23.1. The number of amides is 2. The molecule has 31 heavy (non-hydrogen) atoms. The number of morpholine rings is 1. The van der Waals surface area contributed by atoms with Crippen molar-refractivity contribution in [2.45, 2.75) is 20.0 Å². The molecule has 168 valence electrons. The first-order valence-corrected chi connectivity index (χ1v) is 12.0. The Hall–Kier alpha value is -2.56. The van der Waals surface area contributed by atoms with Crippen molar-refractivity contribution in [3.8, 4) is 0 Å². The van der Waals surface area contributed by atoms with Crippen molar-refractivity contribution in [1.82, 2.24) is 19.9 Å². The fourth-order valence-corrected chi connectivity index (χ4v) is 3.69. The number of benzene rings is 1. The first-order valence-electron chi connectivity index (χ1n) is 10.2. The molecule has 0 unspecified atom stereocenters. The van der Waals surface area contributed by atoms with Gasteiger partial charge in [0.05, 0.1) is 42.7 Å². The number of sulfonamides is 1. The van der Waals surface area contributed by atoms with Gasteiger partial charge in [0.15, 0.2) is 0 Å². The number of carbonyl (C=O) groups excluding carboxylic acids is 2. The van der Waals surface area contributed by atoms with Crippen LogP contribution >= 0.6 is 0 Å². The molecule has 2 aromatic rings. The molecule has 0 aliphatic carbocycles. The van der Waals surface area contributed by atoms with Crippen LogP contribution in [-0.4, -0.2) is 69.2 Å². The van der Waals surface area contributed by atoms with Crippen molar-refractivity contribution in [1.29, 1.82) is 0 Å². The Morgan fingerprint density at radius 3 is 2.74 bits per heavy atom. The van der Waals surface area contributed by atoms with E-state index in [1.165, 1.54) is 0 Å². The van der Waals surface area contributed by atoms with Gasteiger partial charge in [0.1, 0.15) is 6.10 Å². The van der Waals surface area contributed by atoms with E-state index in [9.17, 15) is 18.0 Å². The van der Waals surface area contributed by atoms with Gasteiger partial charge in [-0.1, -0.05) is 32.0 Å². The summed E-state index contributed by atoms with van der Waals surface area (Å²) in [7, 11) is -3.46. The molecule has 0 radical (unpaired) electrons. The number of hydrogen-bond acceptors (Lipinski definition) is 6. The highest BCUT2D eigenvalue weighted by molar-refractivity contribution is 7.88. The molecule has 0 spiro atoms. The third kappa shape index (κ3) is 6.22. The second-order valence-electron chi connectivity index (χ2n) is 8.01. The lowest BCUT2D eigenvalue weighted by atomic mass is 10.0. The predicted octanol–water partition coefficient (Wildman–Crippen LogP) is 1.07. The van der Waals surface area contributed by atoms with E-state index in [1.807, 2.05) is 38.1 Å². The maximum absolute atomic E-state index is 12.8. The van der Waals surface area contributed by atoms with Gasteiger partial charge in [-0.25, -0.2) is 18.1 Å². The summed E-state index contributed by atoms with van der Waals surface area (Å²) in [5, 5.41) is 3.69. The number of aromatic nitrogens is 1. The van der Waals surface area contributed by atoms with Gasteiger partial charge in [0.2, 0.25) is 15.9 Å². The largest absolute Gasteiger partial charge is 0.368 e. The Bertz CT molecular complexity index is 1070. The van der Waals surface area contributed by atoms with Gasteiger partial charge in [-0.15, -0.1) is 0 Å². The Morgan fingerprint density at radius 2 is 2.03 bits per heavy atom. The fourth-order valence-electron chi connectivity index (χ4n) is 3.30. The molecular formula is C21H28N4O5S. The Labute approximate surface area is 182 Å². The standard InChI is InChI=1S/C21H28N4O5S/c1-14(2)11-22-21(27)16-10-18(24-17-7-5-4-6-15(16)17)19-13-25(8-9-30-19)20(26)12-23-31(3,28)29/h4-7,10,14,19,23H,8-9,11-13H2,1-3H3,(H,22,27)/t19-/m0/s1. The van der Waals surface area contributed by atoms with E-state index in [-0.39, 0.29) is 24.9 Å². The highest BCUT2D eigenvalue weighted by Gasteiger charge is 2.28. The van der Waals surface area contributed by atoms with Gasteiger partial charge in [0.25, 0.3) is 5.91 Å². The molecule has 1 fully saturated rings. The Kier molecular flexibility index (Phi) is 7.24. The average Bonchev–Trinajstić information content (AvgIpc) is 2.74. The van der Waals surface area contributed by atoms with Crippen LogP contribution in [0.2, 0.25) is 0 Å². The number of nitrogens with zero attached hydrogens (tertiary/aromatic N) is 2. The summed E-state index contributed by atoms with van der Waals surface area (Å²) in [5.74, 6) is -0.206. The third-order valence-corrected chi connectivity index (χ3v) is 5.55. The van der Waals surface area contributed by atoms with Crippen molar-refractivity contribution < 1.29 is 22.7 Å². The zero-order chi connectivity index (χ0) is 22.6. The maximum atomic E-state index is 12.8. The molecule has 9 nitrogen and oxygen atoms in total. The molecule has 10 heteroatoms. The van der Waals surface area contributed by atoms with Crippen molar-refractivity contribution in [2.75, 3.05) is 39.0 Å². The minimum absolute atomic E-state index is 0.186. The quantitative estimate of drug-likeness (QED) is 0.654. The van der Waals surface area contributed by atoms with Gasteiger partial charge in [-0.05, 0) is 18.1 Å². The third-order valence-electron chi connectivity index (χ3n) is 4.89. The molecule has 2 N–H and O–H groups in total. The van der Waals surface area contributed by atoms with Gasteiger partial charge < -0.3 is 15.0 Å². The topological polar surface area (TPSA) is 118 Å². The number of para-hydroxylation sites is 1. The fraction of sp³-hybridized carbons (Fsp3) is 0.476. The molecule has 2 amide bonds. The predicted molar refractivity (Wildman–Crippen MR) is 117 cm³/mol. The van der Waals surface area contributed by atoms with Crippen LogP contribution in [0.4, 0.5) is 0 Å². The average molecular weight is 449 g/mol. The maximum Gasteiger partial charge on any atom is 0.252 e. The van der Waals surface area contributed by atoms with E-state index < -0.39 is 16.1 Å². The molecule has 0 saturated carbocycles. The molecular weight excluding hydrogens is 420 g/mol. The number of ether oxygens (including phenoxy) is 1. The van der Waals surface area contributed by atoms with Gasteiger partial charge >= 0.3 is 0 Å². The number of hydrogen-bond donors (Lipinski definition) is 2. The SMILES string of the molecule is CC(C)CNC(=O)c1cc([C@@H]2CN(C(=O)CNS(C)(=O)=O)CCO2)nc2ccccc12. The molecule has 3 rings (SSSR count). The number of nitrogens with one attached hydrogen (secondary N) is 2. The minimum atomic E-state index is -3.46. The van der Waals surface area contributed by atoms with E-state index in [1.54, 1.807) is 11.0 Å². The number of rotatable bonds is 7. The van der Waals surface area contributed by atoms with Gasteiger partial charge in [0, 0.05) is 18.5 Å². The van der Waals surface area contributed by atoms with Gasteiger partial charge in [-0.2, -0.15) is 0 Å². The lowest BCUT2D eigenvalue weighted by Crippen LogP contribution is -2.46. The Morgan fingerprint density at radius 1 is 1.29 bits per heavy atom. The molecule has 1 aromatic carbocycles. The minimum Gasteiger partial charge on any atom is -0.368 e. The lowest BCUT2D eigenvalue weighted by Gasteiger charge is -2.33. The molecule has 0 bridgehead atoms. The summed E-state index contributed by atoms with van der Waals surface area (Å²) in [6.45, 7) is 5.17. The van der Waals surface area contributed by atoms with E-state index in [0.717, 1.165) is 11.6 Å². The number of pyridine rings is 1. The van der Waals surface area contributed by atoms with Crippen molar-refractivity contribution in [2.24, 2.45) is 5.92 Å². The first-order chi connectivity index (χ1) is 14.6. The zero-order valence-electron chi connectivity index (χ0n) is 17.9. The van der Waals surface area contributed by atoms with E-state index >= 15 is 0 Å². The van der Waals surface area contributed by atoms with Gasteiger partial charge in [-0.3, -0.25) is 9.59 Å². The van der Waals surface area contributed by atoms with Crippen molar-refractivity contribution in [3.05, 3.63) is 41.6 Å². The van der Waals surface area contributed by atoms with Crippen LogP contribution in [0.15, 0.2) is 30.3 Å². The van der Waals surface area contributed by atoms with E-state index in [2.05, 4.69) is 15.0 Å². The molecule has 1 aromatic heterocycles. The second kappa shape index (κ2) is 9.71. The molecule has 2 heterocycles. The highest BCUT2D eigenvalue weighted by atomic mass is 32.2. The van der Waals surface area contributed by atoms with Crippen LogP contribution in [0.5, 0.6) is 0 Å². The molecule has 1 saturated heterocycles. The Balaban J connectivity index is 1.84. The normalized spacial score (nSPS) is 17.2. The zero-order valence-corrected chi connectivity index (χ0v) is 18.7. The van der Waals surface area contributed by atoms with Crippen LogP contribution in [0, 0.1) is 5.92 Å². The summed E-state index contributed by atoms with van der Waals surface area (Å²) < 4.78 is 30.6. The highest BCUT2D eigenvalue weighted by Crippen LogP contribution is 2.26. The van der Waals surface area contributed by atoms with Crippen LogP contribution in [0.25, 0.3) is 10.9 Å². The van der Waals surface area contributed by atoms with Crippen molar-refractivity contribution in [3.63, 3.8) is 0 Å². The lowest BCUT2D eigenvalue weighted by molar-refractivity contribution is -0.137. The smallest absolute Gasteiger partial charge is 0.252 e. The van der Waals surface area contributed by atoms with E-state index in [0.29, 0.717) is 42.4 Å².